The van der Waals surface area contributed by atoms with Crippen LogP contribution in [0.25, 0.3) is 0 Å². The van der Waals surface area contributed by atoms with Crippen LogP contribution in [0.3, 0.4) is 0 Å². The Morgan fingerprint density at radius 1 is 0.808 bits per heavy atom. The second kappa shape index (κ2) is 9.54. The number of halogens is 1. The number of hydrogen-bond acceptors (Lipinski definition) is 2. The molecule has 26 heavy (non-hydrogen) atoms. The molecule has 134 valence electrons. The molecule has 0 aliphatic rings. The zero-order chi connectivity index (χ0) is 18.2. The molecule has 0 radical (unpaired) electrons. The fourth-order valence-electron chi connectivity index (χ4n) is 2.96. The predicted octanol–water partition coefficient (Wildman–Crippen LogP) is 4.80. The molecule has 3 rings (SSSR count). The van der Waals surface area contributed by atoms with Gasteiger partial charge < -0.3 is 10.4 Å². The van der Waals surface area contributed by atoms with Crippen LogP contribution in [0.15, 0.2) is 78.9 Å². The van der Waals surface area contributed by atoms with Crippen LogP contribution < -0.4 is 5.32 Å². The first kappa shape index (κ1) is 18.7. The van der Waals surface area contributed by atoms with Gasteiger partial charge in [0.05, 0.1) is 6.10 Å². The smallest absolute Gasteiger partial charge is 0.0914 e. The highest BCUT2D eigenvalue weighted by molar-refractivity contribution is 6.30. The maximum atomic E-state index is 10.2. The molecule has 2 nitrogen and oxygen atoms in total. The third kappa shape index (κ3) is 5.70. The van der Waals surface area contributed by atoms with Gasteiger partial charge in [-0.05, 0) is 53.8 Å². The van der Waals surface area contributed by atoms with E-state index in [9.17, 15) is 5.11 Å². The zero-order valence-electron chi connectivity index (χ0n) is 14.7. The second-order valence-corrected chi connectivity index (χ2v) is 6.94. The minimum absolute atomic E-state index is 0.520. The predicted molar refractivity (Wildman–Crippen MR) is 109 cm³/mol. The summed E-state index contributed by atoms with van der Waals surface area (Å²) in [6, 6.07) is 26.6. The molecular formula is C23H24ClNO. The summed E-state index contributed by atoms with van der Waals surface area (Å²) in [5.41, 5.74) is 4.79. The zero-order valence-corrected chi connectivity index (χ0v) is 15.5. The highest BCUT2D eigenvalue weighted by atomic mass is 35.5. The molecule has 1 atom stereocenters. The van der Waals surface area contributed by atoms with E-state index < -0.39 is 6.10 Å². The fourth-order valence-corrected chi connectivity index (χ4v) is 3.16. The van der Waals surface area contributed by atoms with E-state index in [1.54, 1.807) is 6.07 Å². The highest BCUT2D eigenvalue weighted by Crippen LogP contribution is 2.17. The van der Waals surface area contributed by atoms with Gasteiger partial charge in [-0.3, -0.25) is 0 Å². The van der Waals surface area contributed by atoms with Crippen molar-refractivity contribution in [1.29, 1.82) is 0 Å². The molecule has 0 bridgehead atoms. The molecule has 0 aliphatic carbocycles. The van der Waals surface area contributed by atoms with Crippen molar-refractivity contribution in [2.24, 2.45) is 0 Å². The van der Waals surface area contributed by atoms with Crippen molar-refractivity contribution in [3.05, 3.63) is 106 Å². The summed E-state index contributed by atoms with van der Waals surface area (Å²) in [6.45, 7) is 1.35. The third-order valence-electron chi connectivity index (χ3n) is 4.44. The Labute approximate surface area is 160 Å². The van der Waals surface area contributed by atoms with Gasteiger partial charge in [0.1, 0.15) is 0 Å². The summed E-state index contributed by atoms with van der Waals surface area (Å²) in [5.74, 6) is 0. The van der Waals surface area contributed by atoms with E-state index in [1.807, 2.05) is 24.3 Å². The van der Waals surface area contributed by atoms with Crippen LogP contribution in [-0.4, -0.2) is 18.2 Å². The SMILES string of the molecule is OC(CNCCc1ccc(Cc2ccccc2)cc1)c1cccc(Cl)c1. The summed E-state index contributed by atoms with van der Waals surface area (Å²) in [4.78, 5) is 0. The van der Waals surface area contributed by atoms with Gasteiger partial charge in [0.15, 0.2) is 0 Å². The van der Waals surface area contributed by atoms with E-state index in [-0.39, 0.29) is 0 Å². The summed E-state index contributed by atoms with van der Waals surface area (Å²) in [5, 5.41) is 14.2. The molecule has 0 spiro atoms. The Morgan fingerprint density at radius 2 is 1.50 bits per heavy atom. The van der Waals surface area contributed by atoms with Gasteiger partial charge in [-0.25, -0.2) is 0 Å². The van der Waals surface area contributed by atoms with E-state index >= 15 is 0 Å². The number of aliphatic hydroxyl groups is 1. The number of nitrogens with one attached hydrogen (secondary N) is 1. The van der Waals surface area contributed by atoms with Crippen LogP contribution in [0.2, 0.25) is 5.02 Å². The van der Waals surface area contributed by atoms with E-state index in [4.69, 9.17) is 11.6 Å². The quantitative estimate of drug-likeness (QED) is 0.562. The van der Waals surface area contributed by atoms with Crippen LogP contribution in [-0.2, 0) is 12.8 Å². The molecule has 3 aromatic rings. The van der Waals surface area contributed by atoms with E-state index in [0.717, 1.165) is 24.9 Å². The van der Waals surface area contributed by atoms with Crippen molar-refractivity contribution in [1.82, 2.24) is 5.32 Å². The lowest BCUT2D eigenvalue weighted by atomic mass is 10.0. The number of hydrogen-bond donors (Lipinski definition) is 2. The standard InChI is InChI=1S/C23H24ClNO/c24-22-8-4-7-21(16-22)23(26)17-25-14-13-18-9-11-20(12-10-18)15-19-5-2-1-3-6-19/h1-12,16,23,25-26H,13-15,17H2. The molecule has 0 aliphatic heterocycles. The van der Waals surface area contributed by atoms with Crippen LogP contribution in [0.5, 0.6) is 0 Å². The lowest BCUT2D eigenvalue weighted by molar-refractivity contribution is 0.175. The molecule has 3 heteroatoms. The summed E-state index contributed by atoms with van der Waals surface area (Å²) in [6.07, 6.45) is 1.36. The third-order valence-corrected chi connectivity index (χ3v) is 4.67. The minimum Gasteiger partial charge on any atom is -0.387 e. The van der Waals surface area contributed by atoms with Gasteiger partial charge >= 0.3 is 0 Å². The average Bonchev–Trinajstić information content (AvgIpc) is 2.67. The van der Waals surface area contributed by atoms with Crippen molar-refractivity contribution in [2.75, 3.05) is 13.1 Å². The van der Waals surface area contributed by atoms with Gasteiger partial charge in [0, 0.05) is 11.6 Å². The molecular weight excluding hydrogens is 342 g/mol. The Morgan fingerprint density at radius 3 is 2.23 bits per heavy atom. The van der Waals surface area contributed by atoms with Gasteiger partial charge in [-0.1, -0.05) is 78.3 Å². The van der Waals surface area contributed by atoms with Crippen molar-refractivity contribution < 1.29 is 5.11 Å². The summed E-state index contributed by atoms with van der Waals surface area (Å²) >= 11 is 5.96. The molecule has 0 fully saturated rings. The monoisotopic (exact) mass is 365 g/mol. The van der Waals surface area contributed by atoms with Crippen molar-refractivity contribution >= 4 is 11.6 Å². The van der Waals surface area contributed by atoms with Crippen LogP contribution in [0, 0.1) is 0 Å². The molecule has 3 aromatic carbocycles. The van der Waals surface area contributed by atoms with Crippen molar-refractivity contribution in [2.45, 2.75) is 18.9 Å². The van der Waals surface area contributed by atoms with Gasteiger partial charge in [0.2, 0.25) is 0 Å². The summed E-state index contributed by atoms with van der Waals surface area (Å²) < 4.78 is 0. The first-order valence-electron chi connectivity index (χ1n) is 8.97. The maximum Gasteiger partial charge on any atom is 0.0914 e. The molecule has 0 heterocycles. The van der Waals surface area contributed by atoms with Crippen LogP contribution >= 0.6 is 11.6 Å². The molecule has 1 unspecified atom stereocenters. The number of benzene rings is 3. The minimum atomic E-state index is -0.540. The molecule has 0 aromatic heterocycles. The topological polar surface area (TPSA) is 32.3 Å². The number of rotatable bonds is 8. The van der Waals surface area contributed by atoms with Gasteiger partial charge in [-0.15, -0.1) is 0 Å². The Bertz CT molecular complexity index is 802. The molecule has 0 amide bonds. The van der Waals surface area contributed by atoms with Crippen LogP contribution in [0.4, 0.5) is 0 Å². The van der Waals surface area contributed by atoms with E-state index in [1.165, 1.54) is 16.7 Å². The second-order valence-electron chi connectivity index (χ2n) is 6.50. The molecule has 0 saturated heterocycles. The van der Waals surface area contributed by atoms with Crippen LogP contribution in [0.1, 0.15) is 28.4 Å². The van der Waals surface area contributed by atoms with Gasteiger partial charge in [0.25, 0.3) is 0 Å². The van der Waals surface area contributed by atoms with Gasteiger partial charge in [-0.2, -0.15) is 0 Å². The largest absolute Gasteiger partial charge is 0.387 e. The Balaban J connectivity index is 1.42. The Hall–Kier alpha value is -2.13. The Kier molecular flexibility index (Phi) is 6.84. The van der Waals surface area contributed by atoms with E-state index in [0.29, 0.717) is 11.6 Å². The van der Waals surface area contributed by atoms with Crippen molar-refractivity contribution in [3.8, 4) is 0 Å². The van der Waals surface area contributed by atoms with E-state index in [2.05, 4.69) is 53.8 Å². The maximum absolute atomic E-state index is 10.2. The lowest BCUT2D eigenvalue weighted by Gasteiger charge is -2.12. The van der Waals surface area contributed by atoms with Crippen molar-refractivity contribution in [3.63, 3.8) is 0 Å². The highest BCUT2D eigenvalue weighted by Gasteiger charge is 2.07. The summed E-state index contributed by atoms with van der Waals surface area (Å²) in [7, 11) is 0. The normalized spacial score (nSPS) is 12.1. The molecule has 0 saturated carbocycles. The first-order chi connectivity index (χ1) is 12.7. The first-order valence-corrected chi connectivity index (χ1v) is 9.34. The lowest BCUT2D eigenvalue weighted by Crippen LogP contribution is -2.23. The molecule has 2 N–H and O–H groups in total. The fraction of sp³-hybridized carbons (Fsp3) is 0.217. The average molecular weight is 366 g/mol. The number of aliphatic hydroxyl groups excluding tert-OH is 1.